The van der Waals surface area contributed by atoms with E-state index in [4.69, 9.17) is 9.47 Å². The number of hydrogen-bond acceptors (Lipinski definition) is 8. The highest BCUT2D eigenvalue weighted by Crippen LogP contribution is 2.44. The zero-order valence-electron chi connectivity index (χ0n) is 9.42. The third kappa shape index (κ3) is 10.8. The third-order valence-electron chi connectivity index (χ3n) is 0.896. The summed E-state index contributed by atoms with van der Waals surface area (Å²) >= 11 is 0. The van der Waals surface area contributed by atoms with Crippen LogP contribution in [-0.4, -0.2) is 22.8 Å². The van der Waals surface area contributed by atoms with Crippen molar-refractivity contribution in [3.63, 3.8) is 0 Å². The first kappa shape index (κ1) is 16.3. The quantitative estimate of drug-likeness (QED) is 0.409. The molecule has 94 valence electrons. The highest BCUT2D eigenvalue weighted by molar-refractivity contribution is 9.28. The Balaban J connectivity index is 3.46. The van der Waals surface area contributed by atoms with Gasteiger partial charge >= 0.3 is 10.6 Å². The predicted molar refractivity (Wildman–Crippen MR) is 73.6 cm³/mol. The summed E-state index contributed by atoms with van der Waals surface area (Å²) in [5.74, 6) is 0. The molecule has 0 aromatic rings. The molecular weight excluding hydrogens is 288 g/mol. The number of hydrogen-bond donors (Lipinski definition) is 0. The minimum atomic E-state index is -0.356. The topological polar surface area (TPSA) is 52.6 Å². The van der Waals surface area contributed by atoms with E-state index in [0.717, 1.165) is 21.6 Å². The fourth-order valence-electron chi connectivity index (χ4n) is 0.508. The Hall–Kier alpha value is 0.340. The van der Waals surface area contributed by atoms with Crippen LogP contribution >= 0.6 is 41.2 Å². The van der Waals surface area contributed by atoms with E-state index in [1.165, 1.54) is 19.7 Å². The van der Waals surface area contributed by atoms with Gasteiger partial charge in [-0.3, -0.25) is 0 Å². The summed E-state index contributed by atoms with van der Waals surface area (Å²) in [4.78, 5) is 22.1. The van der Waals surface area contributed by atoms with Crippen LogP contribution in [0.4, 0.5) is 9.59 Å². The first-order valence-electron chi connectivity index (χ1n) is 4.51. The molecule has 0 spiro atoms. The van der Waals surface area contributed by atoms with Crippen molar-refractivity contribution in [1.82, 2.24) is 0 Å². The summed E-state index contributed by atoms with van der Waals surface area (Å²) in [6, 6.07) is 0. The van der Waals surface area contributed by atoms with Gasteiger partial charge in [0.05, 0.1) is 12.2 Å². The molecule has 0 aliphatic rings. The summed E-state index contributed by atoms with van der Waals surface area (Å²) < 4.78 is 9.77. The Morgan fingerprint density at radius 2 is 1.12 bits per heavy atom. The molecule has 0 unspecified atom stereocenters. The molecule has 0 saturated carbocycles. The lowest BCUT2D eigenvalue weighted by Crippen LogP contribution is -2.05. The minimum absolute atomic E-state index is 0.121. The maximum absolute atomic E-state index is 11.1. The zero-order valence-corrected chi connectivity index (χ0v) is 12.7. The van der Waals surface area contributed by atoms with Gasteiger partial charge in [0.1, 0.15) is 0 Å². The van der Waals surface area contributed by atoms with Crippen LogP contribution in [0.15, 0.2) is 0 Å². The summed E-state index contributed by atoms with van der Waals surface area (Å²) in [5, 5.41) is -0.712. The molecule has 0 radical (unpaired) electrons. The molecule has 0 atom stereocenters. The Kier molecular flexibility index (Phi) is 9.58. The molecular formula is C8H14O4S4. The Morgan fingerprint density at radius 1 is 0.812 bits per heavy atom. The van der Waals surface area contributed by atoms with E-state index in [9.17, 15) is 9.59 Å². The second-order valence-electron chi connectivity index (χ2n) is 3.14. The van der Waals surface area contributed by atoms with Gasteiger partial charge in [0, 0.05) is 21.6 Å². The molecule has 0 N–H and O–H groups in total. The molecule has 0 fully saturated rings. The molecule has 0 heterocycles. The number of carbonyl (C=O) groups excluding carboxylic acids is 2. The van der Waals surface area contributed by atoms with Crippen LogP contribution in [0.1, 0.15) is 27.7 Å². The first-order valence-corrected chi connectivity index (χ1v) is 9.32. The maximum atomic E-state index is 11.1. The predicted octanol–water partition coefficient (Wildman–Crippen LogP) is 4.75. The van der Waals surface area contributed by atoms with Crippen molar-refractivity contribution >= 4 is 51.8 Å². The molecule has 4 nitrogen and oxygen atoms in total. The number of ether oxygens (including phenoxy) is 2. The largest absolute Gasteiger partial charge is 0.454 e. The van der Waals surface area contributed by atoms with Crippen molar-refractivity contribution in [2.45, 2.75) is 39.9 Å². The van der Waals surface area contributed by atoms with Crippen molar-refractivity contribution in [1.29, 1.82) is 0 Å². The summed E-state index contributed by atoms with van der Waals surface area (Å²) in [5.41, 5.74) is 0. The van der Waals surface area contributed by atoms with Crippen LogP contribution in [0.2, 0.25) is 0 Å². The van der Waals surface area contributed by atoms with Crippen molar-refractivity contribution in [3.05, 3.63) is 0 Å². The van der Waals surface area contributed by atoms with Crippen LogP contribution in [-0.2, 0) is 9.47 Å². The normalized spacial score (nSPS) is 10.6. The van der Waals surface area contributed by atoms with Gasteiger partial charge in [0.15, 0.2) is 0 Å². The molecule has 0 rings (SSSR count). The molecule has 0 aliphatic heterocycles. The van der Waals surface area contributed by atoms with E-state index in [-0.39, 0.29) is 22.8 Å². The van der Waals surface area contributed by atoms with E-state index >= 15 is 0 Å². The molecule has 8 heteroatoms. The summed E-state index contributed by atoms with van der Waals surface area (Å²) in [6.45, 7) is 7.13. The van der Waals surface area contributed by atoms with Crippen LogP contribution in [0.3, 0.4) is 0 Å². The molecule has 0 aromatic heterocycles. The Morgan fingerprint density at radius 3 is 1.38 bits per heavy atom. The highest BCUT2D eigenvalue weighted by atomic mass is 33.7. The lowest BCUT2D eigenvalue weighted by atomic mass is 10.5. The van der Waals surface area contributed by atoms with Gasteiger partial charge in [-0.1, -0.05) is 0 Å². The van der Waals surface area contributed by atoms with Crippen molar-refractivity contribution in [3.8, 4) is 0 Å². The maximum Gasteiger partial charge on any atom is 0.379 e. The van der Waals surface area contributed by atoms with Gasteiger partial charge in [-0.2, -0.15) is 0 Å². The molecule has 16 heavy (non-hydrogen) atoms. The number of carbonyl (C=O) groups is 2. The van der Waals surface area contributed by atoms with Gasteiger partial charge in [-0.15, -0.1) is 0 Å². The lowest BCUT2D eigenvalue weighted by Gasteiger charge is -2.06. The van der Waals surface area contributed by atoms with E-state index in [2.05, 4.69) is 0 Å². The van der Waals surface area contributed by atoms with Crippen molar-refractivity contribution < 1.29 is 19.1 Å². The van der Waals surface area contributed by atoms with Crippen LogP contribution < -0.4 is 0 Å². The molecule has 0 saturated heterocycles. The van der Waals surface area contributed by atoms with Gasteiger partial charge < -0.3 is 9.47 Å². The van der Waals surface area contributed by atoms with Gasteiger partial charge in [0.25, 0.3) is 0 Å². The fourth-order valence-corrected chi connectivity index (χ4v) is 4.87. The van der Waals surface area contributed by atoms with E-state index in [1.54, 1.807) is 27.7 Å². The van der Waals surface area contributed by atoms with Crippen LogP contribution in [0.25, 0.3) is 0 Å². The summed E-state index contributed by atoms with van der Waals surface area (Å²) in [7, 11) is 4.27. The smallest absolute Gasteiger partial charge is 0.379 e. The average Bonchev–Trinajstić information content (AvgIpc) is 2.10. The van der Waals surface area contributed by atoms with Crippen LogP contribution in [0.5, 0.6) is 0 Å². The monoisotopic (exact) mass is 302 g/mol. The molecule has 0 aromatic carbocycles. The Bertz CT molecular complexity index is 208. The molecule has 0 amide bonds. The van der Waals surface area contributed by atoms with E-state index in [1.807, 2.05) is 0 Å². The third-order valence-corrected chi connectivity index (χ3v) is 6.17. The minimum Gasteiger partial charge on any atom is -0.454 e. The van der Waals surface area contributed by atoms with Crippen molar-refractivity contribution in [2.24, 2.45) is 0 Å². The van der Waals surface area contributed by atoms with E-state index in [0.29, 0.717) is 0 Å². The lowest BCUT2D eigenvalue weighted by molar-refractivity contribution is 0.142. The molecule has 0 aliphatic carbocycles. The second kappa shape index (κ2) is 9.38. The zero-order chi connectivity index (χ0) is 12.6. The first-order chi connectivity index (χ1) is 7.41. The second-order valence-corrected chi connectivity index (χ2v) is 8.67. The van der Waals surface area contributed by atoms with Crippen molar-refractivity contribution in [2.75, 3.05) is 0 Å². The standard InChI is InChI=1S/C8H14O4S4/c1-5(2)11-7(9)13-15-16-14-8(10)12-6(3)4/h5-6H,1-4H3. The van der Waals surface area contributed by atoms with Gasteiger partial charge in [-0.05, 0) is 47.3 Å². The SMILES string of the molecule is CC(C)OC(=O)SSSSC(=O)OC(C)C. The Labute approximate surface area is 111 Å². The average molecular weight is 302 g/mol. The van der Waals surface area contributed by atoms with Gasteiger partial charge in [0.2, 0.25) is 0 Å². The fraction of sp³-hybridized carbons (Fsp3) is 0.750. The van der Waals surface area contributed by atoms with Gasteiger partial charge in [-0.25, -0.2) is 9.59 Å². The van der Waals surface area contributed by atoms with Crippen LogP contribution in [0, 0.1) is 0 Å². The molecule has 0 bridgehead atoms. The highest BCUT2D eigenvalue weighted by Gasteiger charge is 2.10. The van der Waals surface area contributed by atoms with E-state index < -0.39 is 0 Å². The number of rotatable bonds is 5. The summed E-state index contributed by atoms with van der Waals surface area (Å²) in [6.07, 6.45) is -0.242.